The van der Waals surface area contributed by atoms with E-state index in [1.165, 1.54) is 0 Å². The zero-order valence-electron chi connectivity index (χ0n) is 12.1. The molecule has 0 bridgehead atoms. The summed E-state index contributed by atoms with van der Waals surface area (Å²) >= 11 is 0. The van der Waals surface area contributed by atoms with Crippen molar-refractivity contribution in [1.29, 1.82) is 0 Å². The summed E-state index contributed by atoms with van der Waals surface area (Å²) in [5.74, 6) is 7.45. The van der Waals surface area contributed by atoms with Gasteiger partial charge >= 0.3 is 0 Å². The Bertz CT molecular complexity index is 624. The third-order valence-electron chi connectivity index (χ3n) is 2.81. The highest BCUT2D eigenvalue weighted by Crippen LogP contribution is 2.20. The normalized spacial score (nSPS) is 9.62. The molecule has 2 aromatic rings. The van der Waals surface area contributed by atoms with E-state index in [1.807, 2.05) is 55.5 Å². The quantitative estimate of drug-likeness (QED) is 0.857. The average molecular weight is 281 g/mol. The van der Waals surface area contributed by atoms with Crippen molar-refractivity contribution in [3.8, 4) is 23.3 Å². The average Bonchev–Trinajstić information content (AvgIpc) is 2.53. The zero-order valence-corrected chi connectivity index (χ0v) is 12.1. The Morgan fingerprint density at radius 3 is 2.38 bits per heavy atom. The first-order valence-electron chi connectivity index (χ1n) is 6.95. The van der Waals surface area contributed by atoms with Gasteiger partial charge in [0.15, 0.2) is 0 Å². The summed E-state index contributed by atoms with van der Waals surface area (Å²) < 4.78 is 11.2. The van der Waals surface area contributed by atoms with Gasteiger partial charge in [0.1, 0.15) is 18.1 Å². The van der Waals surface area contributed by atoms with E-state index in [2.05, 4.69) is 11.8 Å². The maximum atomic E-state index is 5.76. The van der Waals surface area contributed by atoms with Gasteiger partial charge < -0.3 is 15.2 Å². The summed E-state index contributed by atoms with van der Waals surface area (Å²) in [6, 6.07) is 15.6. The Morgan fingerprint density at radius 2 is 1.71 bits per heavy atom. The van der Waals surface area contributed by atoms with E-state index >= 15 is 0 Å². The molecule has 2 N–H and O–H groups in total. The zero-order chi connectivity index (χ0) is 14.9. The molecule has 0 saturated carbocycles. The molecule has 108 valence electrons. The van der Waals surface area contributed by atoms with Gasteiger partial charge in [-0.1, -0.05) is 30.0 Å². The highest BCUT2D eigenvalue weighted by atomic mass is 16.5. The Morgan fingerprint density at radius 1 is 1.00 bits per heavy atom. The van der Waals surface area contributed by atoms with E-state index in [-0.39, 0.29) is 0 Å². The van der Waals surface area contributed by atoms with Crippen molar-refractivity contribution in [3.05, 3.63) is 59.7 Å². The van der Waals surface area contributed by atoms with Gasteiger partial charge in [-0.15, -0.1) is 0 Å². The van der Waals surface area contributed by atoms with Crippen LogP contribution in [0.25, 0.3) is 0 Å². The van der Waals surface area contributed by atoms with Crippen molar-refractivity contribution in [2.24, 2.45) is 5.73 Å². The molecule has 0 unspecified atom stereocenters. The lowest BCUT2D eigenvalue weighted by Crippen LogP contribution is -1.97. The van der Waals surface area contributed by atoms with Crippen molar-refractivity contribution in [1.82, 2.24) is 0 Å². The summed E-state index contributed by atoms with van der Waals surface area (Å²) in [5.41, 5.74) is 7.40. The van der Waals surface area contributed by atoms with Crippen molar-refractivity contribution in [2.45, 2.75) is 13.5 Å². The highest BCUT2D eigenvalue weighted by Gasteiger charge is 1.99. The Hall–Kier alpha value is -2.44. The first-order valence-corrected chi connectivity index (χ1v) is 6.95. The molecular weight excluding hydrogens is 262 g/mol. The SMILES string of the molecule is CCOc1cccc(OCc2ccc(C#CCN)cc2)c1. The molecule has 0 amide bonds. The number of ether oxygens (including phenoxy) is 2. The summed E-state index contributed by atoms with van der Waals surface area (Å²) in [5, 5.41) is 0. The van der Waals surface area contributed by atoms with Gasteiger partial charge in [-0.05, 0) is 36.8 Å². The molecule has 2 aromatic carbocycles. The topological polar surface area (TPSA) is 44.5 Å². The van der Waals surface area contributed by atoms with Crippen molar-refractivity contribution in [2.75, 3.05) is 13.2 Å². The number of nitrogens with two attached hydrogens (primary N) is 1. The van der Waals surface area contributed by atoms with Gasteiger partial charge in [0, 0.05) is 11.6 Å². The number of benzene rings is 2. The molecule has 0 aliphatic heterocycles. The van der Waals surface area contributed by atoms with E-state index in [1.54, 1.807) is 0 Å². The smallest absolute Gasteiger partial charge is 0.123 e. The van der Waals surface area contributed by atoms with Crippen LogP contribution in [0.15, 0.2) is 48.5 Å². The third kappa shape index (κ3) is 4.87. The van der Waals surface area contributed by atoms with Crippen LogP contribution >= 0.6 is 0 Å². The van der Waals surface area contributed by atoms with E-state index in [0.717, 1.165) is 22.6 Å². The standard InChI is InChI=1S/C18H19NO2/c1-2-20-17-6-3-7-18(13-17)21-14-16-10-8-15(9-11-16)5-4-12-19/h3,6-11,13H,2,12,14,19H2,1H3. The second-order valence-electron chi connectivity index (χ2n) is 4.40. The fourth-order valence-corrected chi connectivity index (χ4v) is 1.82. The molecule has 0 radical (unpaired) electrons. The Balaban J connectivity index is 1.94. The highest BCUT2D eigenvalue weighted by molar-refractivity contribution is 5.37. The largest absolute Gasteiger partial charge is 0.494 e. The van der Waals surface area contributed by atoms with Crippen LogP contribution in [-0.2, 0) is 6.61 Å². The van der Waals surface area contributed by atoms with Crippen LogP contribution < -0.4 is 15.2 Å². The van der Waals surface area contributed by atoms with Crippen LogP contribution in [0.5, 0.6) is 11.5 Å². The lowest BCUT2D eigenvalue weighted by molar-refractivity contribution is 0.299. The second kappa shape index (κ2) is 7.98. The van der Waals surface area contributed by atoms with Crippen molar-refractivity contribution >= 4 is 0 Å². The first-order chi connectivity index (χ1) is 10.3. The van der Waals surface area contributed by atoms with E-state index < -0.39 is 0 Å². The molecule has 0 fully saturated rings. The minimum atomic E-state index is 0.376. The minimum absolute atomic E-state index is 0.376. The number of hydrogen-bond donors (Lipinski definition) is 1. The molecule has 0 aromatic heterocycles. The predicted molar refractivity (Wildman–Crippen MR) is 84.3 cm³/mol. The number of rotatable bonds is 5. The first kappa shape index (κ1) is 15.0. The Kier molecular flexibility index (Phi) is 5.69. The van der Waals surface area contributed by atoms with Gasteiger partial charge in [-0.3, -0.25) is 0 Å². The molecule has 0 aliphatic rings. The minimum Gasteiger partial charge on any atom is -0.494 e. The molecule has 0 saturated heterocycles. The molecule has 3 nitrogen and oxygen atoms in total. The van der Waals surface area contributed by atoms with Crippen molar-refractivity contribution in [3.63, 3.8) is 0 Å². The summed E-state index contributed by atoms with van der Waals surface area (Å²) in [6.45, 7) is 3.50. The van der Waals surface area contributed by atoms with Gasteiger partial charge in [-0.2, -0.15) is 0 Å². The molecular formula is C18H19NO2. The van der Waals surface area contributed by atoms with Gasteiger partial charge in [0.25, 0.3) is 0 Å². The molecule has 0 heterocycles. The lowest BCUT2D eigenvalue weighted by Gasteiger charge is -2.08. The van der Waals surface area contributed by atoms with Crippen LogP contribution in [0.1, 0.15) is 18.1 Å². The van der Waals surface area contributed by atoms with Gasteiger partial charge in [0.05, 0.1) is 13.2 Å². The second-order valence-corrected chi connectivity index (χ2v) is 4.40. The monoisotopic (exact) mass is 281 g/mol. The number of hydrogen-bond acceptors (Lipinski definition) is 3. The van der Waals surface area contributed by atoms with E-state index in [9.17, 15) is 0 Å². The molecule has 21 heavy (non-hydrogen) atoms. The van der Waals surface area contributed by atoms with Crippen LogP contribution in [0.4, 0.5) is 0 Å². The molecule has 2 rings (SSSR count). The van der Waals surface area contributed by atoms with Crippen LogP contribution in [-0.4, -0.2) is 13.2 Å². The maximum absolute atomic E-state index is 5.76. The van der Waals surface area contributed by atoms with Crippen LogP contribution in [0, 0.1) is 11.8 Å². The predicted octanol–water partition coefficient (Wildman–Crippen LogP) is 2.97. The van der Waals surface area contributed by atoms with Gasteiger partial charge in [-0.25, -0.2) is 0 Å². The molecule has 0 spiro atoms. The van der Waals surface area contributed by atoms with E-state index in [0.29, 0.717) is 19.8 Å². The summed E-state index contributed by atoms with van der Waals surface area (Å²) in [7, 11) is 0. The van der Waals surface area contributed by atoms with Crippen molar-refractivity contribution < 1.29 is 9.47 Å². The fraction of sp³-hybridized carbons (Fsp3) is 0.222. The summed E-state index contributed by atoms with van der Waals surface area (Å²) in [6.07, 6.45) is 0. The fourth-order valence-electron chi connectivity index (χ4n) is 1.82. The van der Waals surface area contributed by atoms with Crippen LogP contribution in [0.3, 0.4) is 0 Å². The summed E-state index contributed by atoms with van der Waals surface area (Å²) in [4.78, 5) is 0. The van der Waals surface area contributed by atoms with E-state index in [4.69, 9.17) is 15.2 Å². The molecule has 0 atom stereocenters. The third-order valence-corrected chi connectivity index (χ3v) is 2.81. The Labute approximate surface area is 125 Å². The van der Waals surface area contributed by atoms with Crippen LogP contribution in [0.2, 0.25) is 0 Å². The maximum Gasteiger partial charge on any atom is 0.123 e. The molecule has 3 heteroatoms. The lowest BCUT2D eigenvalue weighted by atomic mass is 10.1. The molecule has 0 aliphatic carbocycles. The van der Waals surface area contributed by atoms with Gasteiger partial charge in [0.2, 0.25) is 0 Å².